The van der Waals surface area contributed by atoms with Crippen LogP contribution in [0, 0.1) is 17.2 Å². The highest BCUT2D eigenvalue weighted by Gasteiger charge is 2.41. The molecule has 1 aliphatic rings. The van der Waals surface area contributed by atoms with Gasteiger partial charge in [-0.3, -0.25) is 4.90 Å². The molecule has 1 rings (SSSR count). The minimum Gasteiger partial charge on any atom is -0.395 e. The number of aliphatic hydroxyl groups is 1. The van der Waals surface area contributed by atoms with Crippen LogP contribution in [0.25, 0.3) is 0 Å². The lowest BCUT2D eigenvalue weighted by atomic mass is 10.1. The first-order valence-corrected chi connectivity index (χ1v) is 5.80. The molecule has 0 aliphatic heterocycles. The number of alkyl halides is 3. The standard InChI is InChI=1S/C11H17F3N2O/c12-11(13,14)9(7-15)8-16(5-6-17)10-3-1-2-4-10/h9-10,17H,1-6,8H2. The second-order valence-electron chi connectivity index (χ2n) is 4.38. The Morgan fingerprint density at radius 3 is 2.35 bits per heavy atom. The molecule has 1 atom stereocenters. The van der Waals surface area contributed by atoms with Crippen molar-refractivity contribution in [2.45, 2.75) is 37.9 Å². The zero-order valence-corrected chi connectivity index (χ0v) is 9.58. The molecule has 17 heavy (non-hydrogen) atoms. The van der Waals surface area contributed by atoms with Gasteiger partial charge in [0.05, 0.1) is 12.7 Å². The fourth-order valence-electron chi connectivity index (χ4n) is 2.27. The van der Waals surface area contributed by atoms with Crippen molar-refractivity contribution in [3.8, 4) is 6.07 Å². The predicted molar refractivity (Wildman–Crippen MR) is 56.1 cm³/mol. The molecule has 0 aromatic carbocycles. The quantitative estimate of drug-likeness (QED) is 0.811. The summed E-state index contributed by atoms with van der Waals surface area (Å²) in [5.41, 5.74) is 0. The molecular formula is C11H17F3N2O. The smallest absolute Gasteiger partial charge is 0.395 e. The van der Waals surface area contributed by atoms with E-state index in [1.54, 1.807) is 4.90 Å². The van der Waals surface area contributed by atoms with E-state index < -0.39 is 12.1 Å². The summed E-state index contributed by atoms with van der Waals surface area (Å²) in [6.45, 7) is -0.295. The van der Waals surface area contributed by atoms with E-state index in [2.05, 4.69) is 0 Å². The molecule has 6 heteroatoms. The molecule has 1 fully saturated rings. The van der Waals surface area contributed by atoms with Crippen LogP contribution < -0.4 is 0 Å². The summed E-state index contributed by atoms with van der Waals surface area (Å²) in [4.78, 5) is 1.61. The number of hydrogen-bond donors (Lipinski definition) is 1. The molecule has 0 radical (unpaired) electrons. The Morgan fingerprint density at radius 1 is 1.35 bits per heavy atom. The zero-order valence-electron chi connectivity index (χ0n) is 9.58. The molecule has 1 unspecified atom stereocenters. The van der Waals surface area contributed by atoms with E-state index in [4.69, 9.17) is 10.4 Å². The zero-order chi connectivity index (χ0) is 12.9. The highest BCUT2D eigenvalue weighted by atomic mass is 19.4. The Hall–Kier alpha value is -0.800. The molecule has 0 amide bonds. The third-order valence-electron chi connectivity index (χ3n) is 3.20. The monoisotopic (exact) mass is 250 g/mol. The third-order valence-corrected chi connectivity index (χ3v) is 3.20. The number of rotatable bonds is 5. The fraction of sp³-hybridized carbons (Fsp3) is 0.909. The first kappa shape index (κ1) is 14.3. The molecule has 0 saturated heterocycles. The van der Waals surface area contributed by atoms with Crippen LogP contribution in [0.5, 0.6) is 0 Å². The first-order chi connectivity index (χ1) is 7.99. The number of aliphatic hydroxyl groups excluding tert-OH is 1. The van der Waals surface area contributed by atoms with Gasteiger partial charge in [0.1, 0.15) is 0 Å². The molecule has 0 spiro atoms. The van der Waals surface area contributed by atoms with Crippen LogP contribution in [0.1, 0.15) is 25.7 Å². The average molecular weight is 250 g/mol. The minimum atomic E-state index is -4.49. The molecule has 0 bridgehead atoms. The van der Waals surface area contributed by atoms with Crippen LogP contribution in [-0.2, 0) is 0 Å². The Labute approximate surface area is 98.8 Å². The van der Waals surface area contributed by atoms with Gasteiger partial charge in [0.25, 0.3) is 0 Å². The topological polar surface area (TPSA) is 47.3 Å². The van der Waals surface area contributed by atoms with Gasteiger partial charge in [0.2, 0.25) is 0 Å². The summed E-state index contributed by atoms with van der Waals surface area (Å²) >= 11 is 0. The largest absolute Gasteiger partial charge is 0.405 e. The van der Waals surface area contributed by atoms with Gasteiger partial charge >= 0.3 is 6.18 Å². The summed E-state index contributed by atoms with van der Waals surface area (Å²) in [5, 5.41) is 17.4. The molecule has 3 nitrogen and oxygen atoms in total. The van der Waals surface area contributed by atoms with Crippen molar-refractivity contribution in [2.24, 2.45) is 5.92 Å². The van der Waals surface area contributed by atoms with Crippen molar-refractivity contribution in [3.63, 3.8) is 0 Å². The minimum absolute atomic E-state index is 0.0837. The normalized spacial score (nSPS) is 19.5. The van der Waals surface area contributed by atoms with Crippen molar-refractivity contribution in [1.29, 1.82) is 5.26 Å². The second kappa shape index (κ2) is 6.22. The van der Waals surface area contributed by atoms with Crippen LogP contribution in [0.2, 0.25) is 0 Å². The van der Waals surface area contributed by atoms with Crippen LogP contribution >= 0.6 is 0 Å². The van der Waals surface area contributed by atoms with Crippen LogP contribution in [0.15, 0.2) is 0 Å². The SMILES string of the molecule is N#CC(CN(CCO)C1CCCC1)C(F)(F)F. The van der Waals surface area contributed by atoms with E-state index in [-0.39, 0.29) is 25.7 Å². The number of halogens is 3. The number of nitriles is 1. The van der Waals surface area contributed by atoms with Gasteiger partial charge in [0, 0.05) is 19.1 Å². The summed E-state index contributed by atoms with van der Waals surface area (Å²) < 4.78 is 37.5. The lowest BCUT2D eigenvalue weighted by molar-refractivity contribution is -0.164. The average Bonchev–Trinajstić information content (AvgIpc) is 2.75. The molecule has 1 saturated carbocycles. The highest BCUT2D eigenvalue weighted by Crippen LogP contribution is 2.29. The van der Waals surface area contributed by atoms with E-state index in [0.717, 1.165) is 25.7 Å². The van der Waals surface area contributed by atoms with Gasteiger partial charge in [-0.15, -0.1) is 0 Å². The molecule has 0 aromatic heterocycles. The van der Waals surface area contributed by atoms with Crippen molar-refractivity contribution in [1.82, 2.24) is 4.90 Å². The lowest BCUT2D eigenvalue weighted by Crippen LogP contribution is -2.42. The predicted octanol–water partition coefficient (Wildman–Crippen LogP) is 1.93. The van der Waals surface area contributed by atoms with Gasteiger partial charge in [-0.2, -0.15) is 18.4 Å². The first-order valence-electron chi connectivity index (χ1n) is 5.80. The van der Waals surface area contributed by atoms with Crippen molar-refractivity contribution in [3.05, 3.63) is 0 Å². The Balaban J connectivity index is 2.61. The van der Waals surface area contributed by atoms with Gasteiger partial charge in [0.15, 0.2) is 5.92 Å². The van der Waals surface area contributed by atoms with E-state index in [0.29, 0.717) is 0 Å². The summed E-state index contributed by atoms with van der Waals surface area (Å²) in [5.74, 6) is -1.96. The van der Waals surface area contributed by atoms with Gasteiger partial charge in [-0.05, 0) is 12.8 Å². The van der Waals surface area contributed by atoms with Gasteiger partial charge in [-0.1, -0.05) is 12.8 Å². The molecule has 98 valence electrons. The van der Waals surface area contributed by atoms with Crippen molar-refractivity contribution in [2.75, 3.05) is 19.7 Å². The van der Waals surface area contributed by atoms with Crippen molar-refractivity contribution < 1.29 is 18.3 Å². The van der Waals surface area contributed by atoms with E-state index in [9.17, 15) is 13.2 Å². The Morgan fingerprint density at radius 2 is 1.94 bits per heavy atom. The van der Waals surface area contributed by atoms with E-state index >= 15 is 0 Å². The maximum absolute atomic E-state index is 12.5. The molecule has 0 aromatic rings. The van der Waals surface area contributed by atoms with Gasteiger partial charge in [-0.25, -0.2) is 0 Å². The number of nitrogens with zero attached hydrogens (tertiary/aromatic N) is 2. The summed E-state index contributed by atoms with van der Waals surface area (Å²) in [7, 11) is 0. The Kier molecular flexibility index (Phi) is 5.22. The van der Waals surface area contributed by atoms with Crippen LogP contribution in [0.3, 0.4) is 0 Å². The maximum atomic E-state index is 12.5. The number of hydrogen-bond acceptors (Lipinski definition) is 3. The molecular weight excluding hydrogens is 233 g/mol. The highest BCUT2D eigenvalue weighted by molar-refractivity contribution is 4.92. The van der Waals surface area contributed by atoms with E-state index in [1.165, 1.54) is 6.07 Å². The fourth-order valence-corrected chi connectivity index (χ4v) is 2.27. The maximum Gasteiger partial charge on any atom is 0.405 e. The molecule has 1 aliphatic carbocycles. The lowest BCUT2D eigenvalue weighted by Gasteiger charge is -2.30. The molecule has 0 heterocycles. The van der Waals surface area contributed by atoms with Gasteiger partial charge < -0.3 is 5.11 Å². The third kappa shape index (κ3) is 4.17. The molecule has 1 N–H and O–H groups in total. The van der Waals surface area contributed by atoms with E-state index in [1.807, 2.05) is 0 Å². The summed E-state index contributed by atoms with van der Waals surface area (Å²) in [6.07, 6.45) is -0.751. The second-order valence-corrected chi connectivity index (χ2v) is 4.38. The van der Waals surface area contributed by atoms with Crippen molar-refractivity contribution >= 4 is 0 Å². The van der Waals surface area contributed by atoms with Crippen LogP contribution in [-0.4, -0.2) is 41.9 Å². The summed E-state index contributed by atoms with van der Waals surface area (Å²) in [6, 6.07) is 1.39. The van der Waals surface area contributed by atoms with Crippen LogP contribution in [0.4, 0.5) is 13.2 Å². The Bertz CT molecular complexity index is 269.